The lowest BCUT2D eigenvalue weighted by Crippen LogP contribution is -2.07. The molecule has 0 aliphatic heterocycles. The standard InChI is InChI=1S/C30H35NO3.C2H6/c1-8-9-24(14-20(2)3)27-16-23(17-28-26(27)12-13-31(28)21(4)5)19-34-29-15-22(6)10-11-25(29)18-30(32)33-7;1-2/h8-17,21H,2,18-19H2,1,3-7H3;1-2H3/b9-8-,24-14+;. The summed E-state index contributed by atoms with van der Waals surface area (Å²) in [6.45, 7) is 18.9. The van der Waals surface area contributed by atoms with Crippen molar-refractivity contribution in [2.75, 3.05) is 7.11 Å². The number of fused-ring (bicyclic) bond motifs is 1. The van der Waals surface area contributed by atoms with Gasteiger partial charge in [0.05, 0.1) is 13.5 Å². The molecule has 4 heteroatoms. The van der Waals surface area contributed by atoms with Crippen molar-refractivity contribution in [2.24, 2.45) is 0 Å². The van der Waals surface area contributed by atoms with Crippen LogP contribution in [-0.2, 0) is 22.6 Å². The van der Waals surface area contributed by atoms with Gasteiger partial charge in [0.1, 0.15) is 12.4 Å². The molecule has 0 atom stereocenters. The smallest absolute Gasteiger partial charge is 0.310 e. The minimum Gasteiger partial charge on any atom is -0.489 e. The number of rotatable bonds is 9. The second-order valence-corrected chi connectivity index (χ2v) is 8.99. The van der Waals surface area contributed by atoms with Crippen LogP contribution in [-0.4, -0.2) is 17.6 Å². The van der Waals surface area contributed by atoms with E-state index in [-0.39, 0.29) is 12.4 Å². The van der Waals surface area contributed by atoms with Crippen molar-refractivity contribution in [3.8, 4) is 5.75 Å². The number of aryl methyl sites for hydroxylation is 1. The monoisotopic (exact) mass is 487 g/mol. The molecule has 0 aliphatic carbocycles. The van der Waals surface area contributed by atoms with Crippen molar-refractivity contribution in [3.63, 3.8) is 0 Å². The number of ether oxygens (including phenoxy) is 2. The van der Waals surface area contributed by atoms with Crippen molar-refractivity contribution in [2.45, 2.75) is 67.5 Å². The van der Waals surface area contributed by atoms with Gasteiger partial charge < -0.3 is 14.0 Å². The van der Waals surface area contributed by atoms with Crippen LogP contribution in [0.3, 0.4) is 0 Å². The van der Waals surface area contributed by atoms with Crippen molar-refractivity contribution in [3.05, 3.63) is 95.2 Å². The van der Waals surface area contributed by atoms with Gasteiger partial charge in [-0.05, 0) is 81.1 Å². The van der Waals surface area contributed by atoms with E-state index in [2.05, 4.69) is 67.6 Å². The first kappa shape index (κ1) is 28.7. The summed E-state index contributed by atoms with van der Waals surface area (Å²) in [6.07, 6.45) is 8.61. The number of carbonyl (C=O) groups is 1. The quantitative estimate of drug-likeness (QED) is 0.225. The lowest BCUT2D eigenvalue weighted by atomic mass is 9.97. The highest BCUT2D eigenvalue weighted by Crippen LogP contribution is 2.32. The first-order valence-corrected chi connectivity index (χ1v) is 12.7. The molecule has 1 aromatic heterocycles. The zero-order valence-electron chi connectivity index (χ0n) is 23.1. The third kappa shape index (κ3) is 7.24. The average molecular weight is 488 g/mol. The van der Waals surface area contributed by atoms with Crippen LogP contribution < -0.4 is 4.74 Å². The molecule has 1 heterocycles. The molecule has 0 spiro atoms. The Kier molecular flexibility index (Phi) is 10.8. The Balaban J connectivity index is 0.00000222. The van der Waals surface area contributed by atoms with Gasteiger partial charge in [-0.1, -0.05) is 56.4 Å². The normalized spacial score (nSPS) is 11.5. The first-order chi connectivity index (χ1) is 17.2. The predicted molar refractivity (Wildman–Crippen MR) is 153 cm³/mol. The highest BCUT2D eigenvalue weighted by Gasteiger charge is 2.14. The molecule has 36 heavy (non-hydrogen) atoms. The fourth-order valence-electron chi connectivity index (χ4n) is 4.08. The van der Waals surface area contributed by atoms with Gasteiger partial charge in [0.25, 0.3) is 0 Å². The number of esters is 1. The maximum Gasteiger partial charge on any atom is 0.310 e. The Morgan fingerprint density at radius 2 is 1.86 bits per heavy atom. The van der Waals surface area contributed by atoms with Crippen LogP contribution in [0, 0.1) is 6.92 Å². The number of hydrogen-bond donors (Lipinski definition) is 0. The zero-order chi connectivity index (χ0) is 26.8. The fourth-order valence-corrected chi connectivity index (χ4v) is 4.08. The predicted octanol–water partition coefficient (Wildman–Crippen LogP) is 8.39. The highest BCUT2D eigenvalue weighted by molar-refractivity contribution is 5.96. The van der Waals surface area contributed by atoms with E-state index in [1.54, 1.807) is 0 Å². The molecular weight excluding hydrogens is 446 g/mol. The topological polar surface area (TPSA) is 40.5 Å². The van der Waals surface area contributed by atoms with Crippen molar-refractivity contribution in [1.82, 2.24) is 4.57 Å². The molecule has 192 valence electrons. The minimum absolute atomic E-state index is 0.180. The molecule has 0 bridgehead atoms. The summed E-state index contributed by atoms with van der Waals surface area (Å²) >= 11 is 0. The van der Waals surface area contributed by atoms with Gasteiger partial charge in [0.2, 0.25) is 0 Å². The Labute approximate surface area is 216 Å². The van der Waals surface area contributed by atoms with E-state index in [0.717, 1.165) is 33.4 Å². The molecule has 3 rings (SSSR count). The lowest BCUT2D eigenvalue weighted by Gasteiger charge is -2.16. The molecule has 2 aromatic carbocycles. The Morgan fingerprint density at radius 1 is 1.14 bits per heavy atom. The van der Waals surface area contributed by atoms with Gasteiger partial charge in [-0.3, -0.25) is 4.79 Å². The molecule has 0 aliphatic rings. The first-order valence-electron chi connectivity index (χ1n) is 12.7. The van der Waals surface area contributed by atoms with E-state index in [1.165, 1.54) is 18.0 Å². The number of hydrogen-bond acceptors (Lipinski definition) is 3. The average Bonchev–Trinajstić information content (AvgIpc) is 3.28. The van der Waals surface area contributed by atoms with Crippen LogP contribution >= 0.6 is 0 Å². The van der Waals surface area contributed by atoms with Crippen molar-refractivity contribution >= 4 is 22.4 Å². The van der Waals surface area contributed by atoms with Crippen LogP contribution in [0.1, 0.15) is 69.8 Å². The third-order valence-corrected chi connectivity index (χ3v) is 5.69. The molecule has 0 amide bonds. The summed E-state index contributed by atoms with van der Waals surface area (Å²) in [5, 5.41) is 1.20. The second-order valence-electron chi connectivity index (χ2n) is 8.99. The van der Waals surface area contributed by atoms with Gasteiger partial charge in [-0.15, -0.1) is 0 Å². The highest BCUT2D eigenvalue weighted by atomic mass is 16.5. The van der Waals surface area contributed by atoms with Gasteiger partial charge in [0.15, 0.2) is 0 Å². The third-order valence-electron chi connectivity index (χ3n) is 5.69. The van der Waals surface area contributed by atoms with Crippen molar-refractivity contribution in [1.29, 1.82) is 0 Å². The molecule has 0 fully saturated rings. The van der Waals surface area contributed by atoms with E-state index in [9.17, 15) is 4.79 Å². The lowest BCUT2D eigenvalue weighted by molar-refractivity contribution is -0.139. The number of methoxy groups -OCH3 is 1. The van der Waals surface area contributed by atoms with Crippen molar-refractivity contribution < 1.29 is 14.3 Å². The summed E-state index contributed by atoms with van der Waals surface area (Å²) < 4.78 is 13.4. The molecule has 0 saturated carbocycles. The molecule has 0 N–H and O–H groups in total. The Hall–Kier alpha value is -3.53. The Bertz CT molecular complexity index is 1260. The number of nitrogens with zero attached hydrogens (tertiary/aromatic N) is 1. The number of aromatic nitrogens is 1. The molecule has 4 nitrogen and oxygen atoms in total. The van der Waals surface area contributed by atoms with Crippen LogP contribution in [0.2, 0.25) is 0 Å². The number of carbonyl (C=O) groups excluding carboxylic acids is 1. The zero-order valence-corrected chi connectivity index (χ0v) is 23.1. The van der Waals surface area contributed by atoms with Gasteiger partial charge in [-0.2, -0.15) is 0 Å². The van der Waals surface area contributed by atoms with Gasteiger partial charge >= 0.3 is 5.97 Å². The fraction of sp³-hybridized carbons (Fsp3) is 0.344. The summed E-state index contributed by atoms with van der Waals surface area (Å²) in [5.41, 5.74) is 7.39. The maximum atomic E-state index is 11.9. The largest absolute Gasteiger partial charge is 0.489 e. The Morgan fingerprint density at radius 3 is 2.47 bits per heavy atom. The van der Waals surface area contributed by atoms with Gasteiger partial charge in [-0.25, -0.2) is 0 Å². The SMILES string of the molecule is C=C(C)/C=C(\C=C/C)c1cc(COc2cc(C)ccc2CC(=O)OC)cc2c1ccn2C(C)C.CC. The number of allylic oxidation sites excluding steroid dienone is 5. The maximum absolute atomic E-state index is 11.9. The van der Waals surface area contributed by atoms with E-state index in [4.69, 9.17) is 9.47 Å². The summed E-state index contributed by atoms with van der Waals surface area (Å²) in [7, 11) is 1.40. The summed E-state index contributed by atoms with van der Waals surface area (Å²) in [6, 6.07) is 12.8. The summed E-state index contributed by atoms with van der Waals surface area (Å²) in [4.78, 5) is 11.9. The molecule has 3 aromatic rings. The van der Waals surface area contributed by atoms with E-state index >= 15 is 0 Å². The molecule has 0 radical (unpaired) electrons. The molecule has 0 saturated heterocycles. The second kappa shape index (κ2) is 13.5. The van der Waals surface area contributed by atoms with Crippen LogP contribution in [0.25, 0.3) is 16.5 Å². The molecular formula is C32H41NO3. The van der Waals surface area contributed by atoms with Crippen LogP contribution in [0.5, 0.6) is 5.75 Å². The van der Waals surface area contributed by atoms with E-state index in [0.29, 0.717) is 18.4 Å². The van der Waals surface area contributed by atoms with Gasteiger partial charge in [0, 0.05) is 28.7 Å². The van der Waals surface area contributed by atoms with E-state index in [1.807, 2.05) is 52.8 Å². The minimum atomic E-state index is -0.284. The molecule has 0 unspecified atom stereocenters. The van der Waals surface area contributed by atoms with E-state index < -0.39 is 0 Å². The van der Waals surface area contributed by atoms with Crippen LogP contribution in [0.15, 0.2) is 73.0 Å². The van der Waals surface area contributed by atoms with Crippen LogP contribution in [0.4, 0.5) is 0 Å². The summed E-state index contributed by atoms with van der Waals surface area (Å²) in [5.74, 6) is 0.422. The number of benzene rings is 2.